The first-order chi connectivity index (χ1) is 21.3. The Balaban J connectivity index is 1.17. The van der Waals surface area contributed by atoms with E-state index in [1.807, 2.05) is 0 Å². The number of rotatable bonds is 2. The molecular weight excluding hydrogens is 662 g/mol. The fourth-order valence-corrected chi connectivity index (χ4v) is 8.37. The zero-order valence-corrected chi connectivity index (χ0v) is 25.3. The number of fused-ring (bicyclic) bond motifs is 4. The van der Waals surface area contributed by atoms with E-state index in [9.17, 15) is 29.0 Å². The summed E-state index contributed by atoms with van der Waals surface area (Å²) in [5.41, 5.74) is 11.2. The smallest absolute Gasteiger partial charge is 0.387 e. The van der Waals surface area contributed by atoms with Crippen molar-refractivity contribution in [2.45, 2.75) is 49.0 Å². The molecule has 3 aliphatic heterocycles. The Kier molecular flexibility index (Phi) is 7.50. The van der Waals surface area contributed by atoms with Crippen LogP contribution in [-0.4, -0.2) is 104 Å². The van der Waals surface area contributed by atoms with Gasteiger partial charge in [-0.05, 0) is 0 Å². The zero-order chi connectivity index (χ0) is 31.8. The van der Waals surface area contributed by atoms with Gasteiger partial charge in [0.05, 0.1) is 38.0 Å². The largest absolute Gasteiger partial charge is 0.403 e. The SMILES string of the molecule is Nc1nc2c(ncn2[C@@H]2O[C@@H]3COP(=O)(S)N[C@H]4[C@@H](O)[C@H](n5cnc6c(N)ncnc65)O[C@@H]4COP(=O)(O)N[C@H]3[C@H]2O)c(=O)[nH]1. The van der Waals surface area contributed by atoms with E-state index >= 15 is 0 Å². The van der Waals surface area contributed by atoms with Gasteiger partial charge in [0.2, 0.25) is 5.95 Å². The number of nitrogen functional groups attached to an aromatic ring is 2. The number of imidazole rings is 2. The number of aliphatic hydroxyl groups is 2. The molecule has 3 aliphatic rings. The maximum atomic E-state index is 13.5. The number of aromatic nitrogens is 8. The average Bonchev–Trinajstić information content (AvgIpc) is 3.72. The quantitative estimate of drug-likeness (QED) is 0.0792. The lowest BCUT2D eigenvalue weighted by molar-refractivity contribution is -0.0476. The fourth-order valence-electron chi connectivity index (χ4n) is 5.53. The van der Waals surface area contributed by atoms with Crippen LogP contribution in [0, 0.1) is 0 Å². The molecule has 0 radical (unpaired) electrons. The third-order valence-electron chi connectivity index (χ3n) is 7.59. The van der Waals surface area contributed by atoms with Gasteiger partial charge < -0.3 is 40.6 Å². The van der Waals surface area contributed by atoms with Crippen molar-refractivity contribution >= 4 is 60.8 Å². The predicted molar refractivity (Wildman–Crippen MR) is 154 cm³/mol. The third kappa shape index (κ3) is 5.43. The van der Waals surface area contributed by atoms with Gasteiger partial charge in [-0.1, -0.05) is 12.2 Å². The summed E-state index contributed by atoms with van der Waals surface area (Å²) >= 11 is 4.16. The maximum Gasteiger partial charge on any atom is 0.403 e. The van der Waals surface area contributed by atoms with Crippen LogP contribution >= 0.6 is 26.7 Å². The summed E-state index contributed by atoms with van der Waals surface area (Å²) in [6.07, 6.45) is -4.28. The van der Waals surface area contributed by atoms with Crippen molar-refractivity contribution in [3.05, 3.63) is 29.3 Å². The van der Waals surface area contributed by atoms with Crippen molar-refractivity contribution < 1.29 is 42.8 Å². The van der Waals surface area contributed by atoms with E-state index in [1.165, 1.54) is 28.1 Å². The molecule has 0 aliphatic carbocycles. The highest BCUT2D eigenvalue weighted by Crippen LogP contribution is 2.52. The number of ether oxygens (including phenoxy) is 2. The molecule has 0 saturated carbocycles. The number of aliphatic hydroxyl groups excluding tert-OH is 2. The predicted octanol–water partition coefficient (Wildman–Crippen LogP) is -2.26. The Morgan fingerprint density at radius 2 is 1.49 bits per heavy atom. The molecule has 242 valence electrons. The molecule has 4 aromatic rings. The van der Waals surface area contributed by atoms with E-state index < -0.39 is 82.2 Å². The van der Waals surface area contributed by atoms with Crippen molar-refractivity contribution in [3.8, 4) is 0 Å². The van der Waals surface area contributed by atoms with E-state index in [0.717, 1.165) is 0 Å². The molecule has 3 saturated heterocycles. The lowest BCUT2D eigenvalue weighted by Gasteiger charge is -2.29. The second kappa shape index (κ2) is 11.0. The summed E-state index contributed by atoms with van der Waals surface area (Å²) in [5, 5.41) is 27.5. The summed E-state index contributed by atoms with van der Waals surface area (Å²) in [5.74, 6) is -0.131. The highest BCUT2D eigenvalue weighted by molar-refractivity contribution is 8.45. The Hall–Kier alpha value is -3.05. The highest BCUT2D eigenvalue weighted by atomic mass is 32.7. The molecule has 45 heavy (non-hydrogen) atoms. The minimum absolute atomic E-state index is 0.0307. The molecule has 0 amide bonds. The van der Waals surface area contributed by atoms with E-state index in [1.54, 1.807) is 0 Å². The van der Waals surface area contributed by atoms with E-state index in [0.29, 0.717) is 0 Å². The lowest BCUT2D eigenvalue weighted by atomic mass is 10.1. The fraction of sp³-hybridized carbons (Fsp3) is 0.500. The summed E-state index contributed by atoms with van der Waals surface area (Å²) in [7, 11) is -4.73. The number of H-pyrrole nitrogens is 1. The van der Waals surface area contributed by atoms with Crippen LogP contribution in [0.4, 0.5) is 11.8 Å². The standard InChI is InChI=1S/C20H26N12O10P2S/c21-14-10-15(24-3-23-14)31(4-25-10)18-13(34)9-6(41-18)1-39-43(36,37)29-8-7(2-40-44(38,45)30-9)42-19(12(8)33)32-5-26-11-16(32)27-20(22)28-17(11)35/h3-9,12-13,18-19,33-34H,1-2H2,(H2,21,23,24)(H2,29,36,37)(H2,30,38,45)(H3,22,27,28,35)/t6-,7-,8-,9-,12-,13-,18-,19-,44?/m1/s1. The molecule has 3 fully saturated rings. The summed E-state index contributed by atoms with van der Waals surface area (Å²) in [6.45, 7) is -5.23. The molecule has 0 aromatic carbocycles. The van der Waals surface area contributed by atoms with Gasteiger partial charge in [-0.15, -0.1) is 0 Å². The van der Waals surface area contributed by atoms with E-state index in [4.69, 9.17) is 30.0 Å². The van der Waals surface area contributed by atoms with Crippen LogP contribution in [0.1, 0.15) is 12.5 Å². The Morgan fingerprint density at radius 3 is 2.18 bits per heavy atom. The molecule has 10 atom stereocenters. The molecule has 0 bridgehead atoms. The van der Waals surface area contributed by atoms with Gasteiger partial charge in [0.1, 0.15) is 36.3 Å². The van der Waals surface area contributed by atoms with Gasteiger partial charge in [-0.2, -0.15) is 4.98 Å². The van der Waals surface area contributed by atoms with Gasteiger partial charge in [0.25, 0.3) is 5.56 Å². The molecule has 0 spiro atoms. The van der Waals surface area contributed by atoms with Gasteiger partial charge in [0.15, 0.2) is 35.1 Å². The van der Waals surface area contributed by atoms with Crippen molar-refractivity contribution in [2.24, 2.45) is 0 Å². The van der Waals surface area contributed by atoms with Gasteiger partial charge >= 0.3 is 14.5 Å². The van der Waals surface area contributed by atoms with Crippen LogP contribution in [0.25, 0.3) is 22.3 Å². The molecule has 22 nitrogen and oxygen atoms in total. The van der Waals surface area contributed by atoms with Crippen molar-refractivity contribution in [1.82, 2.24) is 49.2 Å². The number of nitrogens with one attached hydrogen (secondary N) is 3. The molecule has 2 unspecified atom stereocenters. The second-order valence-corrected chi connectivity index (χ2v) is 15.1. The number of nitrogens with two attached hydrogens (primary N) is 2. The van der Waals surface area contributed by atoms with Gasteiger partial charge in [0, 0.05) is 0 Å². The van der Waals surface area contributed by atoms with E-state index in [-0.39, 0.29) is 34.1 Å². The monoisotopic (exact) mass is 688 g/mol. The number of thiol groups is 1. The van der Waals surface area contributed by atoms with Crippen LogP contribution in [0.15, 0.2) is 23.8 Å². The minimum atomic E-state index is -4.73. The molecule has 25 heteroatoms. The number of nitrogens with zero attached hydrogens (tertiary/aromatic N) is 7. The maximum absolute atomic E-state index is 13.5. The second-order valence-electron chi connectivity index (χ2n) is 10.4. The van der Waals surface area contributed by atoms with Crippen molar-refractivity contribution in [3.63, 3.8) is 0 Å². The normalized spacial score (nSPS) is 37.7. The molecule has 4 aromatic heterocycles. The van der Waals surface area contributed by atoms with Crippen LogP contribution < -0.4 is 27.2 Å². The first kappa shape index (κ1) is 30.6. The number of aromatic amines is 1. The summed E-state index contributed by atoms with van der Waals surface area (Å²) in [4.78, 5) is 45.5. The summed E-state index contributed by atoms with van der Waals surface area (Å²) in [6, 6.07) is -2.56. The molecular formula is C20H26N12O10P2S. The minimum Gasteiger partial charge on any atom is -0.387 e. The molecule has 7 rings (SSSR count). The van der Waals surface area contributed by atoms with E-state index in [2.05, 4.69) is 52.3 Å². The van der Waals surface area contributed by atoms with Gasteiger partial charge in [-0.25, -0.2) is 34.7 Å². The molecule has 10 N–H and O–H groups in total. The summed E-state index contributed by atoms with van der Waals surface area (Å²) < 4.78 is 52.2. The Labute approximate surface area is 255 Å². The third-order valence-corrected chi connectivity index (χ3v) is 10.5. The van der Waals surface area contributed by atoms with Crippen LogP contribution in [0.5, 0.6) is 0 Å². The number of hydrogen-bond acceptors (Lipinski definition) is 16. The van der Waals surface area contributed by atoms with Crippen molar-refractivity contribution in [1.29, 1.82) is 0 Å². The first-order valence-electron chi connectivity index (χ1n) is 13.1. The van der Waals surface area contributed by atoms with Crippen LogP contribution in [-0.2, 0) is 27.7 Å². The highest BCUT2D eigenvalue weighted by Gasteiger charge is 2.52. The number of hydrogen-bond donors (Lipinski definition) is 9. The molecule has 7 heterocycles. The zero-order valence-electron chi connectivity index (χ0n) is 22.6. The van der Waals surface area contributed by atoms with Crippen molar-refractivity contribution in [2.75, 3.05) is 24.7 Å². The average molecular weight is 689 g/mol. The first-order valence-corrected chi connectivity index (χ1v) is 17.5. The number of anilines is 2. The Bertz CT molecular complexity index is 1940. The van der Waals surface area contributed by atoms with Crippen LogP contribution in [0.3, 0.4) is 0 Å². The lowest BCUT2D eigenvalue weighted by Crippen LogP contribution is -2.47. The Morgan fingerprint density at radius 1 is 0.889 bits per heavy atom. The van der Waals surface area contributed by atoms with Crippen LogP contribution in [0.2, 0.25) is 0 Å². The topological polar surface area (TPSA) is 315 Å². The van der Waals surface area contributed by atoms with Gasteiger partial charge in [-0.3, -0.25) is 28.0 Å².